The second-order valence-electron chi connectivity index (χ2n) is 6.79. The molecule has 0 aliphatic heterocycles. The Hall–Kier alpha value is -1.95. The predicted octanol–water partition coefficient (Wildman–Crippen LogP) is 1.59. The van der Waals surface area contributed by atoms with Crippen LogP contribution in [0.15, 0.2) is 24.3 Å². The average molecular weight is 334 g/mol. The van der Waals surface area contributed by atoms with Gasteiger partial charge in [0.1, 0.15) is 11.9 Å². The zero-order chi connectivity index (χ0) is 17.3. The Morgan fingerprint density at radius 2 is 1.96 bits per heavy atom. The molecule has 1 aromatic carbocycles. The molecule has 5 nitrogen and oxygen atoms in total. The highest BCUT2D eigenvalue weighted by Gasteiger charge is 2.40. The third-order valence-corrected chi connectivity index (χ3v) is 4.56. The summed E-state index contributed by atoms with van der Waals surface area (Å²) in [4.78, 5) is 26.5. The molecular weight excluding hydrogens is 311 g/mol. The van der Waals surface area contributed by atoms with Crippen molar-refractivity contribution in [3.8, 4) is 0 Å². The Bertz CT molecular complexity index is 626. The molecular formula is C18H23FN2O3. The molecule has 0 bridgehead atoms. The standard InChI is InChI=1S/C18H23FN2O3/c1-11(22)16(20-17(23)12-6-7-12)18(24)21(14-8-9-14)10-13-4-2-3-5-15(13)19/h2-5,11-12,14,16,22H,6-10H2,1H3,(H,20,23). The molecule has 1 aromatic rings. The van der Waals surface area contributed by atoms with Gasteiger partial charge in [0.05, 0.1) is 6.10 Å². The summed E-state index contributed by atoms with van der Waals surface area (Å²) in [7, 11) is 0. The van der Waals surface area contributed by atoms with Crippen LogP contribution in [-0.2, 0) is 16.1 Å². The normalized spacial score (nSPS) is 19.5. The van der Waals surface area contributed by atoms with Crippen molar-refractivity contribution in [2.24, 2.45) is 5.92 Å². The summed E-state index contributed by atoms with van der Waals surface area (Å²) in [5.74, 6) is -0.924. The molecule has 2 atom stereocenters. The van der Waals surface area contributed by atoms with E-state index in [4.69, 9.17) is 0 Å². The molecule has 2 unspecified atom stereocenters. The van der Waals surface area contributed by atoms with E-state index >= 15 is 0 Å². The fourth-order valence-corrected chi connectivity index (χ4v) is 2.77. The molecule has 24 heavy (non-hydrogen) atoms. The first-order valence-corrected chi connectivity index (χ1v) is 8.49. The van der Waals surface area contributed by atoms with E-state index in [0.29, 0.717) is 5.56 Å². The molecule has 2 saturated carbocycles. The molecule has 0 aromatic heterocycles. The number of hydrogen-bond acceptors (Lipinski definition) is 3. The van der Waals surface area contributed by atoms with Crippen LogP contribution in [-0.4, -0.2) is 40.0 Å². The molecule has 2 fully saturated rings. The van der Waals surface area contributed by atoms with Gasteiger partial charge in [0.15, 0.2) is 0 Å². The van der Waals surface area contributed by atoms with E-state index < -0.39 is 12.1 Å². The van der Waals surface area contributed by atoms with Gasteiger partial charge in [-0.15, -0.1) is 0 Å². The van der Waals surface area contributed by atoms with E-state index in [-0.39, 0.29) is 36.1 Å². The lowest BCUT2D eigenvalue weighted by Crippen LogP contribution is -2.54. The van der Waals surface area contributed by atoms with Crippen LogP contribution in [0, 0.1) is 11.7 Å². The Balaban J connectivity index is 1.74. The minimum atomic E-state index is -0.998. The van der Waals surface area contributed by atoms with Crippen molar-refractivity contribution in [2.75, 3.05) is 0 Å². The van der Waals surface area contributed by atoms with Crippen LogP contribution in [0.3, 0.4) is 0 Å². The predicted molar refractivity (Wildman–Crippen MR) is 86.3 cm³/mol. The summed E-state index contributed by atoms with van der Waals surface area (Å²) < 4.78 is 13.9. The van der Waals surface area contributed by atoms with Gasteiger partial charge in [0.2, 0.25) is 11.8 Å². The maximum absolute atomic E-state index is 13.9. The summed E-state index contributed by atoms with van der Waals surface area (Å²) >= 11 is 0. The van der Waals surface area contributed by atoms with E-state index in [1.807, 2.05) is 0 Å². The Morgan fingerprint density at radius 1 is 1.29 bits per heavy atom. The molecule has 0 radical (unpaired) electrons. The van der Waals surface area contributed by atoms with Crippen molar-refractivity contribution >= 4 is 11.8 Å². The number of nitrogens with one attached hydrogen (secondary N) is 1. The fraction of sp³-hybridized carbons (Fsp3) is 0.556. The number of amides is 2. The number of aliphatic hydroxyl groups is 1. The summed E-state index contributed by atoms with van der Waals surface area (Å²) in [5, 5.41) is 12.6. The molecule has 2 aliphatic carbocycles. The maximum Gasteiger partial charge on any atom is 0.248 e. The second-order valence-corrected chi connectivity index (χ2v) is 6.79. The van der Waals surface area contributed by atoms with Crippen molar-refractivity contribution in [1.82, 2.24) is 10.2 Å². The molecule has 0 saturated heterocycles. The largest absolute Gasteiger partial charge is 0.391 e. The van der Waals surface area contributed by atoms with Gasteiger partial charge in [-0.1, -0.05) is 18.2 Å². The summed E-state index contributed by atoms with van der Waals surface area (Å²) in [6.07, 6.45) is 2.39. The number of aliphatic hydroxyl groups excluding tert-OH is 1. The Kier molecular flexibility index (Phi) is 4.85. The number of nitrogens with zero attached hydrogens (tertiary/aromatic N) is 1. The molecule has 6 heteroatoms. The molecule has 3 rings (SSSR count). The van der Waals surface area contributed by atoms with Gasteiger partial charge < -0.3 is 15.3 Å². The third-order valence-electron chi connectivity index (χ3n) is 4.56. The average Bonchev–Trinajstić information content (AvgIpc) is 3.42. The summed E-state index contributed by atoms with van der Waals surface area (Å²) in [6.45, 7) is 1.64. The number of carbonyl (C=O) groups excluding carboxylic acids is 2. The zero-order valence-corrected chi connectivity index (χ0v) is 13.7. The van der Waals surface area contributed by atoms with E-state index in [2.05, 4.69) is 5.32 Å². The minimum absolute atomic E-state index is 0.0417. The first-order chi connectivity index (χ1) is 11.5. The lowest BCUT2D eigenvalue weighted by Gasteiger charge is -2.29. The second kappa shape index (κ2) is 6.89. The van der Waals surface area contributed by atoms with Crippen molar-refractivity contribution in [3.63, 3.8) is 0 Å². The lowest BCUT2D eigenvalue weighted by atomic mass is 10.1. The van der Waals surface area contributed by atoms with Gasteiger partial charge in [-0.05, 0) is 38.7 Å². The van der Waals surface area contributed by atoms with Gasteiger partial charge in [-0.3, -0.25) is 9.59 Å². The number of benzene rings is 1. The van der Waals surface area contributed by atoms with Crippen LogP contribution in [0.25, 0.3) is 0 Å². The van der Waals surface area contributed by atoms with Gasteiger partial charge in [0, 0.05) is 24.1 Å². The van der Waals surface area contributed by atoms with E-state index in [1.165, 1.54) is 13.0 Å². The molecule has 0 spiro atoms. The van der Waals surface area contributed by atoms with Crippen LogP contribution in [0.2, 0.25) is 0 Å². The highest BCUT2D eigenvalue weighted by molar-refractivity contribution is 5.90. The topological polar surface area (TPSA) is 69.6 Å². The Morgan fingerprint density at radius 3 is 2.50 bits per heavy atom. The summed E-state index contributed by atoms with van der Waals surface area (Å²) in [5.41, 5.74) is 0.440. The van der Waals surface area contributed by atoms with E-state index in [0.717, 1.165) is 25.7 Å². The fourth-order valence-electron chi connectivity index (χ4n) is 2.77. The van der Waals surface area contributed by atoms with E-state index in [9.17, 15) is 19.1 Å². The van der Waals surface area contributed by atoms with Crippen LogP contribution >= 0.6 is 0 Å². The number of carbonyl (C=O) groups is 2. The van der Waals surface area contributed by atoms with Crippen molar-refractivity contribution in [3.05, 3.63) is 35.6 Å². The van der Waals surface area contributed by atoms with Crippen molar-refractivity contribution in [1.29, 1.82) is 0 Å². The molecule has 130 valence electrons. The quantitative estimate of drug-likeness (QED) is 0.796. The smallest absolute Gasteiger partial charge is 0.248 e. The summed E-state index contributed by atoms with van der Waals surface area (Å²) in [6, 6.07) is 5.43. The lowest BCUT2D eigenvalue weighted by molar-refractivity contribution is -0.140. The third kappa shape index (κ3) is 3.93. The highest BCUT2D eigenvalue weighted by Crippen LogP contribution is 2.31. The number of rotatable bonds is 7. The molecule has 2 aliphatic rings. The van der Waals surface area contributed by atoms with Crippen LogP contribution < -0.4 is 5.32 Å². The maximum atomic E-state index is 13.9. The number of hydrogen-bond donors (Lipinski definition) is 2. The number of halogens is 1. The van der Waals surface area contributed by atoms with Crippen molar-refractivity contribution < 1.29 is 19.1 Å². The van der Waals surface area contributed by atoms with Gasteiger partial charge in [0.25, 0.3) is 0 Å². The van der Waals surface area contributed by atoms with Crippen LogP contribution in [0.5, 0.6) is 0 Å². The zero-order valence-electron chi connectivity index (χ0n) is 13.7. The monoisotopic (exact) mass is 334 g/mol. The first-order valence-electron chi connectivity index (χ1n) is 8.49. The Labute approximate surface area is 140 Å². The molecule has 2 N–H and O–H groups in total. The van der Waals surface area contributed by atoms with Crippen molar-refractivity contribution in [2.45, 2.75) is 57.3 Å². The highest BCUT2D eigenvalue weighted by atomic mass is 19.1. The molecule has 0 heterocycles. The van der Waals surface area contributed by atoms with Gasteiger partial charge in [-0.25, -0.2) is 4.39 Å². The first kappa shape index (κ1) is 16.9. The molecule has 2 amide bonds. The van der Waals surface area contributed by atoms with Crippen LogP contribution in [0.1, 0.15) is 38.2 Å². The van der Waals surface area contributed by atoms with E-state index in [1.54, 1.807) is 23.1 Å². The minimum Gasteiger partial charge on any atom is -0.391 e. The van der Waals surface area contributed by atoms with Gasteiger partial charge >= 0.3 is 0 Å². The van der Waals surface area contributed by atoms with Crippen LogP contribution in [0.4, 0.5) is 4.39 Å². The van der Waals surface area contributed by atoms with Gasteiger partial charge in [-0.2, -0.15) is 0 Å². The SMILES string of the molecule is CC(O)C(NC(=O)C1CC1)C(=O)N(Cc1ccccc1F)C1CC1.